The number of fused-ring (bicyclic) bond motifs is 4. The molecule has 23 N–H and O–H groups in total. The van der Waals surface area contributed by atoms with Gasteiger partial charge in [0.1, 0.15) is 90.3 Å². The molecule has 15 atom stereocenters. The SMILES string of the molecule is CCCC[C@H]1C(=O)N(C)[C@@H](CCCC)C(=O)N[C@@H](CCC(=O)O)C(=O)NC(C(=O)NCC(N)=O)CSCC(=O)N[C@@H](Cc2ccc(O)cc2)C(=O)N(C)[C@@H](C)C(=O)N[C@@H](CC(N)=O)C(=O)N2CCC[C@H]2C(=O)N[C@@H](CC(N)=O)C(=O)N[C@@H](CC(C)C)C(=O)N2C[C@H](O)C[C@H]2C(=O)N[C@@H](Cc2c[nH]c3ccccc23)C(=O)N[C@@H](CCN)C(=O)N[C@@H](Cc2c[nH]c3ccccc23)C(=O)N1C. The van der Waals surface area contributed by atoms with E-state index in [0.717, 1.165) is 24.5 Å². The van der Waals surface area contributed by atoms with Crippen LogP contribution in [-0.4, -0.2) is 312 Å². The van der Waals surface area contributed by atoms with E-state index in [-0.39, 0.29) is 83.0 Å². The molecule has 18 amide bonds. The summed E-state index contributed by atoms with van der Waals surface area (Å²) in [5.41, 5.74) is 25.6. The molecule has 0 saturated carbocycles. The van der Waals surface area contributed by atoms with E-state index < -0.39 is 266 Å². The Morgan fingerprint density at radius 3 is 1.61 bits per heavy atom. The lowest BCUT2D eigenvalue weighted by Crippen LogP contribution is -2.61. The Labute approximate surface area is 772 Å². The van der Waals surface area contributed by atoms with E-state index in [2.05, 4.69) is 63.1 Å². The minimum atomic E-state index is -1.87. The second kappa shape index (κ2) is 49.8. The molecule has 3 fully saturated rings. The lowest BCUT2D eigenvalue weighted by Gasteiger charge is -2.36. The van der Waals surface area contributed by atoms with Crippen molar-refractivity contribution in [1.82, 2.24) is 87.6 Å². The fraction of sp³-hybridized carbons (Fsp3) is 0.539. The van der Waals surface area contributed by atoms with Gasteiger partial charge in [0, 0.05) is 106 Å². The molecule has 43 nitrogen and oxygen atoms in total. The third-order valence-corrected chi connectivity index (χ3v) is 24.7. The van der Waals surface area contributed by atoms with Crippen LogP contribution in [0.3, 0.4) is 0 Å². The average molecular weight is 1870 g/mol. The summed E-state index contributed by atoms with van der Waals surface area (Å²) in [5, 5.41) is 58.7. The van der Waals surface area contributed by atoms with Gasteiger partial charge in [0.2, 0.25) is 106 Å². The van der Waals surface area contributed by atoms with Crippen molar-refractivity contribution in [3.05, 3.63) is 102 Å². The molecule has 44 heteroatoms. The van der Waals surface area contributed by atoms with E-state index in [1.807, 2.05) is 6.92 Å². The molecule has 3 aliphatic rings. The summed E-state index contributed by atoms with van der Waals surface area (Å²) in [6, 6.07) is -3.07. The molecule has 5 heterocycles. The number of aliphatic hydroxyl groups is 1. The smallest absolute Gasteiger partial charge is 0.303 e. The number of unbranched alkanes of at least 4 members (excludes halogenated alkanes) is 2. The van der Waals surface area contributed by atoms with Gasteiger partial charge in [-0.25, -0.2) is 0 Å². The number of carbonyl (C=O) groups is 19. The van der Waals surface area contributed by atoms with E-state index in [9.17, 15) is 72.9 Å². The van der Waals surface area contributed by atoms with Crippen molar-refractivity contribution in [2.45, 2.75) is 241 Å². The van der Waals surface area contributed by atoms with Gasteiger partial charge in [-0.1, -0.05) is 102 Å². The largest absolute Gasteiger partial charge is 0.508 e. The van der Waals surface area contributed by atoms with Gasteiger partial charge in [-0.2, -0.15) is 0 Å². The van der Waals surface area contributed by atoms with Crippen LogP contribution in [0.25, 0.3) is 21.8 Å². The molecule has 1 unspecified atom stereocenters. The monoisotopic (exact) mass is 1870 g/mol. The number of carboxylic acid groups (broad SMARTS) is 1. The second-order valence-corrected chi connectivity index (χ2v) is 35.2. The van der Waals surface area contributed by atoms with E-state index >= 15 is 33.6 Å². The normalized spacial score (nSPS) is 25.0. The zero-order valence-electron chi connectivity index (χ0n) is 75.8. The van der Waals surface area contributed by atoms with Crippen molar-refractivity contribution in [2.24, 2.45) is 28.9 Å². The molecule has 0 radical (unpaired) electrons. The van der Waals surface area contributed by atoms with Gasteiger partial charge < -0.3 is 126 Å². The molecule has 5 aromatic rings. The second-order valence-electron chi connectivity index (χ2n) is 34.2. The highest BCUT2D eigenvalue weighted by Crippen LogP contribution is 2.28. The molecular weight excluding hydrogens is 1750 g/mol. The van der Waals surface area contributed by atoms with Crippen LogP contribution in [0.1, 0.15) is 148 Å². The van der Waals surface area contributed by atoms with Crippen molar-refractivity contribution < 1.29 is 106 Å². The maximum atomic E-state index is 15.8. The number of carboxylic acids is 1. The minimum absolute atomic E-state index is 0.0299. The Kier molecular flexibility index (Phi) is 39.4. The lowest BCUT2D eigenvalue weighted by molar-refractivity contribution is -0.149. The fourth-order valence-corrected chi connectivity index (χ4v) is 17.2. The Bertz CT molecular complexity index is 5050. The van der Waals surface area contributed by atoms with Crippen molar-refractivity contribution in [3.8, 4) is 5.75 Å². The number of aromatic hydroxyl groups is 1. The summed E-state index contributed by atoms with van der Waals surface area (Å²) < 4.78 is 0. The van der Waals surface area contributed by atoms with Gasteiger partial charge in [-0.15, -0.1) is 11.8 Å². The Morgan fingerprint density at radius 1 is 0.519 bits per heavy atom. The third-order valence-electron chi connectivity index (χ3n) is 23.7. The number of aromatic nitrogens is 2. The number of thioether (sulfide) groups is 1. The molecule has 8 rings (SSSR count). The number of phenolic OH excluding ortho intramolecular Hbond substituents is 1. The molecular formula is C89H125N21O22S. The molecule has 3 saturated heterocycles. The number of benzene rings is 3. The van der Waals surface area contributed by atoms with Gasteiger partial charge in [0.25, 0.3) is 0 Å². The number of aromatic amines is 2. The minimum Gasteiger partial charge on any atom is -0.508 e. The maximum absolute atomic E-state index is 15.8. The number of nitrogens with one attached hydrogen (secondary N) is 12. The number of phenols is 1. The lowest BCUT2D eigenvalue weighted by atomic mass is 9.99. The van der Waals surface area contributed by atoms with Crippen molar-refractivity contribution >= 4 is 146 Å². The highest BCUT2D eigenvalue weighted by molar-refractivity contribution is 8.00. The van der Waals surface area contributed by atoms with Crippen LogP contribution >= 0.6 is 11.8 Å². The number of amides is 18. The van der Waals surface area contributed by atoms with Crippen molar-refractivity contribution in [2.75, 3.05) is 58.8 Å². The van der Waals surface area contributed by atoms with Crippen LogP contribution in [0.15, 0.2) is 85.2 Å². The number of rotatable bonds is 26. The first kappa shape index (κ1) is 105. The number of para-hydroxylation sites is 2. The van der Waals surface area contributed by atoms with Crippen LogP contribution < -0.4 is 76.1 Å². The summed E-state index contributed by atoms with van der Waals surface area (Å²) in [4.78, 5) is 286. The van der Waals surface area contributed by atoms with Gasteiger partial charge in [0.05, 0.1) is 31.2 Å². The summed E-state index contributed by atoms with van der Waals surface area (Å²) in [6.07, 6.45) is -1.60. The number of H-pyrrole nitrogens is 2. The quantitative estimate of drug-likeness (QED) is 0.0261. The number of hydrogen-bond acceptors (Lipinski definition) is 23. The molecule has 724 valence electrons. The van der Waals surface area contributed by atoms with Gasteiger partial charge >= 0.3 is 5.97 Å². The van der Waals surface area contributed by atoms with Crippen molar-refractivity contribution in [1.29, 1.82) is 0 Å². The van der Waals surface area contributed by atoms with E-state index in [4.69, 9.17) is 22.9 Å². The first-order valence-electron chi connectivity index (χ1n) is 44.4. The van der Waals surface area contributed by atoms with E-state index in [1.165, 1.54) is 52.3 Å². The number of aliphatic hydroxyl groups excluding tert-OH is 1. The Morgan fingerprint density at radius 2 is 1.02 bits per heavy atom. The predicted octanol–water partition coefficient (Wildman–Crippen LogP) is -3.06. The number of nitrogens with zero attached hydrogens (tertiary/aromatic N) is 5. The van der Waals surface area contributed by atoms with Crippen LogP contribution in [0.5, 0.6) is 5.75 Å². The summed E-state index contributed by atoms with van der Waals surface area (Å²) in [6.45, 7) is 6.54. The zero-order valence-corrected chi connectivity index (χ0v) is 76.7. The summed E-state index contributed by atoms with van der Waals surface area (Å²) in [7, 11) is 3.81. The average Bonchev–Trinajstić information content (AvgIpc) is 1.75. The van der Waals surface area contributed by atoms with E-state index in [0.29, 0.717) is 69.5 Å². The number of carbonyl (C=O) groups excluding carboxylic acids is 18. The third kappa shape index (κ3) is 29.6. The molecule has 0 aliphatic carbocycles. The van der Waals surface area contributed by atoms with Gasteiger partial charge in [0.15, 0.2) is 0 Å². The van der Waals surface area contributed by atoms with Gasteiger partial charge in [-0.05, 0) is 105 Å². The molecule has 3 aromatic carbocycles. The summed E-state index contributed by atoms with van der Waals surface area (Å²) >= 11 is 0.700. The van der Waals surface area contributed by atoms with E-state index in [1.54, 1.807) is 81.7 Å². The number of primary amides is 3. The molecule has 2 aromatic heterocycles. The van der Waals surface area contributed by atoms with Crippen molar-refractivity contribution in [3.63, 3.8) is 0 Å². The van der Waals surface area contributed by atoms with Crippen LogP contribution in [0.2, 0.25) is 0 Å². The highest BCUT2D eigenvalue weighted by Gasteiger charge is 2.47. The number of aliphatic carboxylic acids is 1. The molecule has 0 bridgehead atoms. The standard InChI is InChI=1S/C89H125N21O22S/c1-9-11-22-67-82(125)99-58(29-30-75(117)118)78(121)105-66(77(120)96-43-73(93)115)45-133-46-74(116)97-63(35-49-25-27-52(111)28-26-49)85(128)106(6)48(5)76(119)102-65(40-72(92)114)87(130)109-33-17-24-68(109)83(126)101-61(39-71(91)113)81(124)103-62(34-47(3)4)88(131)110-44-53(112)38-70(110)84(127)100-60(36-50-41-94-56-20-15-13-18-54(50)56)80(123)98-59(31-32-90)79(122)104-64(37-51-42-95-57-21-16-14-19-55(51)57)86(129)108(8)69(23-12-10-2)89(132)107(67)7/h13-16,18-21,25-28,41-42,47-48,53,58-70,94-95,111-112H,9-12,17,22-24,29-40,43-46,90H2,1-8H3,(H2,91,113)(H2,92,114)(H2,93,115)(H,96,120)(H,97,116)(H,98,123)(H,99,125)(H,100,127)(H,101,126)(H,102,119)(H,103,124)(H,104,122)(H,105,121)(H,117,118)/t48-,53+,58-,59-,60-,61-,62-,63-,64-,65-,66?,67-,68-,69-,70-/m0/s1. The van der Waals surface area contributed by atoms with Crippen LogP contribution in [0, 0.1) is 5.92 Å². The zero-order chi connectivity index (χ0) is 97.8. The number of hydrogen-bond donors (Lipinski definition) is 19. The van der Waals surface area contributed by atoms with Crippen LogP contribution in [0.4, 0.5) is 0 Å². The molecule has 133 heavy (non-hydrogen) atoms. The van der Waals surface area contributed by atoms with Gasteiger partial charge in [-0.3, -0.25) is 91.1 Å². The maximum Gasteiger partial charge on any atom is 0.303 e. The number of nitrogens with two attached hydrogens (primary N) is 4. The Balaban J connectivity index is 1.20. The van der Waals surface area contributed by atoms with Crippen LogP contribution in [-0.2, 0) is 110 Å². The first-order chi connectivity index (χ1) is 63.1. The predicted molar refractivity (Wildman–Crippen MR) is 486 cm³/mol. The first-order valence-corrected chi connectivity index (χ1v) is 45.6. The fourth-order valence-electron chi connectivity index (χ4n) is 16.4. The molecule has 3 aliphatic heterocycles. The molecule has 0 spiro atoms. The Hall–Kier alpha value is -13.3. The topological polar surface area (TPSA) is 657 Å². The highest BCUT2D eigenvalue weighted by atomic mass is 32.2. The summed E-state index contributed by atoms with van der Waals surface area (Å²) in [5.74, 6) is -21.2. The number of likely N-dealkylation sites (N-methyl/N-ethyl adjacent to an activating group) is 3.